The van der Waals surface area contributed by atoms with E-state index in [9.17, 15) is 14.4 Å². The van der Waals surface area contributed by atoms with Gasteiger partial charge in [0.1, 0.15) is 13.2 Å². The Balaban J connectivity index is 4.04. The van der Waals surface area contributed by atoms with E-state index in [0.717, 1.165) is 116 Å². The third kappa shape index (κ3) is 45.7. The molecule has 6 heteroatoms. The topological polar surface area (TPSA) is 78.9 Å². The molecule has 0 saturated carbocycles. The minimum absolute atomic E-state index is 0.0799. The van der Waals surface area contributed by atoms with Crippen molar-refractivity contribution in [2.45, 2.75) is 226 Å². The lowest BCUT2D eigenvalue weighted by Crippen LogP contribution is -2.30. The lowest BCUT2D eigenvalue weighted by molar-refractivity contribution is -0.167. The molecule has 0 fully saturated rings. The van der Waals surface area contributed by atoms with Crippen LogP contribution in [0.25, 0.3) is 0 Å². The average molecular weight is 835 g/mol. The number of hydrogen-bond acceptors (Lipinski definition) is 6. The van der Waals surface area contributed by atoms with Crippen molar-refractivity contribution in [1.29, 1.82) is 0 Å². The zero-order valence-corrected chi connectivity index (χ0v) is 38.9. The quantitative estimate of drug-likeness (QED) is 0.0263. The summed E-state index contributed by atoms with van der Waals surface area (Å²) in [5.74, 6) is -0.915. The molecule has 0 N–H and O–H groups in total. The number of carbonyl (C=O) groups is 3. The van der Waals surface area contributed by atoms with Crippen LogP contribution in [-0.4, -0.2) is 37.2 Å². The molecule has 0 aliphatic heterocycles. The zero-order valence-electron chi connectivity index (χ0n) is 38.9. The van der Waals surface area contributed by atoms with E-state index in [-0.39, 0.29) is 31.1 Å². The summed E-state index contributed by atoms with van der Waals surface area (Å²) in [4.78, 5) is 37.4. The highest BCUT2D eigenvalue weighted by Gasteiger charge is 2.19. The van der Waals surface area contributed by atoms with E-state index in [4.69, 9.17) is 14.2 Å². The Labute approximate surface area is 369 Å². The Kier molecular flexibility index (Phi) is 45.5. The van der Waals surface area contributed by atoms with Gasteiger partial charge in [0, 0.05) is 19.3 Å². The second-order valence-corrected chi connectivity index (χ2v) is 16.0. The average Bonchev–Trinajstić information content (AvgIpc) is 3.24. The lowest BCUT2D eigenvalue weighted by Gasteiger charge is -2.18. The van der Waals surface area contributed by atoms with Gasteiger partial charge in [-0.05, 0) is 77.0 Å². The molecule has 0 aliphatic rings. The number of esters is 3. The van der Waals surface area contributed by atoms with Gasteiger partial charge in [0.25, 0.3) is 0 Å². The van der Waals surface area contributed by atoms with Crippen LogP contribution in [0.1, 0.15) is 220 Å². The first-order valence-corrected chi connectivity index (χ1v) is 24.6. The molecule has 6 nitrogen and oxygen atoms in total. The second-order valence-electron chi connectivity index (χ2n) is 16.0. The van der Waals surface area contributed by atoms with Crippen molar-refractivity contribution in [3.8, 4) is 0 Å². The molecule has 342 valence electrons. The minimum Gasteiger partial charge on any atom is -0.462 e. The van der Waals surface area contributed by atoms with E-state index in [1.54, 1.807) is 0 Å². The summed E-state index contributed by atoms with van der Waals surface area (Å²) in [6.45, 7) is 6.38. The predicted molar refractivity (Wildman–Crippen MR) is 256 cm³/mol. The SMILES string of the molecule is CC/C=C\C/C=C\C/C=C\C/C=C\C/C=C\C/C=C\C/C=C\CCCCCCCCCC(=O)OCC(COC(=O)CCCCCCC)OC(=O)CCCCCCCCCC. The fourth-order valence-corrected chi connectivity index (χ4v) is 6.48. The fourth-order valence-electron chi connectivity index (χ4n) is 6.48. The maximum Gasteiger partial charge on any atom is 0.306 e. The molecule has 0 aromatic carbocycles. The van der Waals surface area contributed by atoms with E-state index < -0.39 is 6.10 Å². The van der Waals surface area contributed by atoms with Crippen molar-refractivity contribution in [2.24, 2.45) is 0 Å². The van der Waals surface area contributed by atoms with Crippen LogP contribution in [0.4, 0.5) is 0 Å². The Morgan fingerprint density at radius 1 is 0.350 bits per heavy atom. The third-order valence-corrected chi connectivity index (χ3v) is 10.2. The van der Waals surface area contributed by atoms with Crippen molar-refractivity contribution < 1.29 is 28.6 Å². The largest absolute Gasteiger partial charge is 0.462 e. The maximum atomic E-state index is 12.6. The van der Waals surface area contributed by atoms with Crippen molar-refractivity contribution in [3.63, 3.8) is 0 Å². The first-order valence-electron chi connectivity index (χ1n) is 24.6. The molecule has 60 heavy (non-hydrogen) atoms. The highest BCUT2D eigenvalue weighted by Crippen LogP contribution is 2.13. The summed E-state index contributed by atoms with van der Waals surface area (Å²) in [6, 6.07) is 0. The van der Waals surface area contributed by atoms with Crippen LogP contribution in [-0.2, 0) is 28.6 Å². The zero-order chi connectivity index (χ0) is 43.7. The number of allylic oxidation sites excluding steroid dienone is 14. The smallest absolute Gasteiger partial charge is 0.306 e. The molecule has 0 spiro atoms. The summed E-state index contributed by atoms with van der Waals surface area (Å²) >= 11 is 0. The molecule has 0 saturated heterocycles. The monoisotopic (exact) mass is 835 g/mol. The number of unbranched alkanes of at least 4 members (excludes halogenated alkanes) is 18. The normalized spacial score (nSPS) is 12.8. The van der Waals surface area contributed by atoms with Crippen molar-refractivity contribution in [1.82, 2.24) is 0 Å². The first kappa shape index (κ1) is 56.6. The summed E-state index contributed by atoms with van der Waals surface area (Å²) in [5, 5.41) is 0. The molecular formula is C54H90O6. The van der Waals surface area contributed by atoms with Crippen LogP contribution < -0.4 is 0 Å². The van der Waals surface area contributed by atoms with Gasteiger partial charge in [-0.2, -0.15) is 0 Å². The molecule has 0 aromatic heterocycles. The summed E-state index contributed by atoms with van der Waals surface area (Å²) in [7, 11) is 0. The molecule has 0 aromatic rings. The first-order chi connectivity index (χ1) is 29.5. The van der Waals surface area contributed by atoms with Crippen LogP contribution in [0, 0.1) is 0 Å². The number of rotatable bonds is 43. The van der Waals surface area contributed by atoms with E-state index in [1.165, 1.54) is 64.2 Å². The Morgan fingerprint density at radius 3 is 1.02 bits per heavy atom. The van der Waals surface area contributed by atoms with Gasteiger partial charge in [0.2, 0.25) is 0 Å². The Bertz CT molecular complexity index is 1190. The second kappa shape index (κ2) is 48.3. The maximum absolute atomic E-state index is 12.6. The number of carbonyl (C=O) groups excluding carboxylic acids is 3. The van der Waals surface area contributed by atoms with Crippen LogP contribution in [0.5, 0.6) is 0 Å². The van der Waals surface area contributed by atoms with E-state index >= 15 is 0 Å². The Morgan fingerprint density at radius 2 is 0.650 bits per heavy atom. The van der Waals surface area contributed by atoms with Crippen molar-refractivity contribution in [2.75, 3.05) is 13.2 Å². The van der Waals surface area contributed by atoms with E-state index in [1.807, 2.05) is 0 Å². The molecule has 1 atom stereocenters. The van der Waals surface area contributed by atoms with Gasteiger partial charge in [-0.15, -0.1) is 0 Å². The van der Waals surface area contributed by atoms with Crippen LogP contribution in [0.2, 0.25) is 0 Å². The predicted octanol–water partition coefficient (Wildman–Crippen LogP) is 16.0. The van der Waals surface area contributed by atoms with Gasteiger partial charge in [0.05, 0.1) is 0 Å². The summed E-state index contributed by atoms with van der Waals surface area (Å²) in [5.41, 5.74) is 0. The summed E-state index contributed by atoms with van der Waals surface area (Å²) < 4.78 is 16.6. The molecule has 1 unspecified atom stereocenters. The van der Waals surface area contributed by atoms with Gasteiger partial charge >= 0.3 is 17.9 Å². The van der Waals surface area contributed by atoms with Crippen LogP contribution >= 0.6 is 0 Å². The van der Waals surface area contributed by atoms with Crippen molar-refractivity contribution in [3.05, 3.63) is 85.1 Å². The fraction of sp³-hybridized carbons (Fsp3) is 0.685. The van der Waals surface area contributed by atoms with Gasteiger partial charge in [-0.25, -0.2) is 0 Å². The molecule has 0 heterocycles. The molecule has 0 aliphatic carbocycles. The molecule has 0 bridgehead atoms. The van der Waals surface area contributed by atoms with E-state index in [0.29, 0.717) is 19.3 Å². The Hall–Kier alpha value is -3.41. The highest BCUT2D eigenvalue weighted by molar-refractivity contribution is 5.71. The minimum atomic E-state index is -0.772. The van der Waals surface area contributed by atoms with Gasteiger partial charge in [0.15, 0.2) is 6.10 Å². The number of hydrogen-bond donors (Lipinski definition) is 0. The standard InChI is InChI=1S/C54H90O6/c1-4-7-10-13-15-17-18-19-20-21-22-23-24-25-26-27-28-29-30-31-32-33-34-35-36-37-39-41-44-47-53(56)59-50-51(49-58-52(55)46-43-40-12-9-6-3)60-54(57)48-45-42-38-16-14-11-8-5-2/h7,10,15,17,19-20,22-23,25-26,28-29,31-32,51H,4-6,8-9,11-14,16,18,21,24,27,30,33-50H2,1-3H3/b10-7-,17-15-,20-19-,23-22-,26-25-,29-28-,32-31-. The van der Waals surface area contributed by atoms with Gasteiger partial charge < -0.3 is 14.2 Å². The van der Waals surface area contributed by atoms with Gasteiger partial charge in [-0.3, -0.25) is 14.4 Å². The third-order valence-electron chi connectivity index (χ3n) is 10.2. The molecule has 0 radical (unpaired) electrons. The molecule has 0 amide bonds. The lowest BCUT2D eigenvalue weighted by atomic mass is 10.1. The van der Waals surface area contributed by atoms with Crippen molar-refractivity contribution >= 4 is 17.9 Å². The summed E-state index contributed by atoms with van der Waals surface area (Å²) in [6.07, 6.45) is 61.9. The molecule has 0 rings (SSSR count). The van der Waals surface area contributed by atoms with E-state index in [2.05, 4.69) is 106 Å². The van der Waals surface area contributed by atoms with Crippen LogP contribution in [0.15, 0.2) is 85.1 Å². The van der Waals surface area contributed by atoms with Crippen LogP contribution in [0.3, 0.4) is 0 Å². The highest BCUT2D eigenvalue weighted by atomic mass is 16.6. The number of ether oxygens (including phenoxy) is 3. The molecular weight excluding hydrogens is 745 g/mol. The van der Waals surface area contributed by atoms with Gasteiger partial charge in [-0.1, -0.05) is 209 Å².